The first-order valence-corrected chi connectivity index (χ1v) is 10.8. The minimum atomic E-state index is -4.64. The van der Waals surface area contributed by atoms with Gasteiger partial charge in [-0.05, 0) is 26.3 Å². The fraction of sp³-hybridized carbons (Fsp3) is 0.500. The van der Waals surface area contributed by atoms with Gasteiger partial charge in [-0.25, -0.2) is 8.42 Å². The first-order chi connectivity index (χ1) is 14.4. The SMILES string of the molecule is Cc1noc(C)c1S(=O)(=O)N1CCCN(C(=O)Cn2cc(C(F)(F)F)ccc2=O)CC1. The van der Waals surface area contributed by atoms with Crippen LogP contribution >= 0.6 is 0 Å². The van der Waals surface area contributed by atoms with Crippen molar-refractivity contribution in [3.05, 3.63) is 45.7 Å². The Morgan fingerprint density at radius 1 is 1.16 bits per heavy atom. The van der Waals surface area contributed by atoms with Gasteiger partial charge < -0.3 is 14.0 Å². The first-order valence-electron chi connectivity index (χ1n) is 9.39. The Morgan fingerprint density at radius 2 is 1.87 bits per heavy atom. The van der Waals surface area contributed by atoms with E-state index in [0.29, 0.717) is 23.3 Å². The van der Waals surface area contributed by atoms with E-state index in [1.54, 1.807) is 0 Å². The van der Waals surface area contributed by atoms with Crippen LogP contribution in [0.1, 0.15) is 23.4 Å². The maximum Gasteiger partial charge on any atom is 0.417 e. The van der Waals surface area contributed by atoms with Crippen molar-refractivity contribution in [3.8, 4) is 0 Å². The molecule has 2 aromatic rings. The van der Waals surface area contributed by atoms with Crippen LogP contribution in [0, 0.1) is 13.8 Å². The molecule has 1 saturated heterocycles. The van der Waals surface area contributed by atoms with Gasteiger partial charge in [-0.15, -0.1) is 0 Å². The Hall–Kier alpha value is -2.67. The third-order valence-corrected chi connectivity index (χ3v) is 7.13. The second kappa shape index (κ2) is 8.46. The van der Waals surface area contributed by atoms with E-state index in [9.17, 15) is 31.2 Å². The predicted octanol–water partition coefficient (Wildman–Crippen LogP) is 1.40. The Kier molecular flexibility index (Phi) is 6.28. The molecule has 0 atom stereocenters. The van der Waals surface area contributed by atoms with Crippen LogP contribution in [0.3, 0.4) is 0 Å². The molecule has 0 saturated carbocycles. The van der Waals surface area contributed by atoms with Gasteiger partial charge in [0.1, 0.15) is 17.1 Å². The molecule has 2 aromatic heterocycles. The monoisotopic (exact) mass is 462 g/mol. The summed E-state index contributed by atoms with van der Waals surface area (Å²) >= 11 is 0. The highest BCUT2D eigenvalue weighted by Gasteiger charge is 2.34. The highest BCUT2D eigenvalue weighted by Crippen LogP contribution is 2.28. The average molecular weight is 462 g/mol. The van der Waals surface area contributed by atoms with Gasteiger partial charge in [0.2, 0.25) is 15.9 Å². The summed E-state index contributed by atoms with van der Waals surface area (Å²) in [5, 5.41) is 3.67. The van der Waals surface area contributed by atoms with Crippen LogP contribution in [0.15, 0.2) is 32.5 Å². The van der Waals surface area contributed by atoms with Crippen molar-refractivity contribution < 1.29 is 30.9 Å². The number of carbonyl (C=O) groups excluding carboxylic acids is 1. The number of amides is 1. The van der Waals surface area contributed by atoms with Crippen LogP contribution in [0.2, 0.25) is 0 Å². The maximum absolute atomic E-state index is 13.0. The highest BCUT2D eigenvalue weighted by atomic mass is 32.2. The normalized spacial score (nSPS) is 16.4. The molecule has 1 amide bonds. The molecule has 9 nitrogen and oxygen atoms in total. The average Bonchev–Trinajstić information content (AvgIpc) is 2.88. The summed E-state index contributed by atoms with van der Waals surface area (Å²) in [6.45, 7) is 2.83. The molecule has 0 radical (unpaired) electrons. The minimum absolute atomic E-state index is 0.00434. The molecule has 0 aromatic carbocycles. The quantitative estimate of drug-likeness (QED) is 0.680. The molecule has 3 heterocycles. The third kappa shape index (κ3) is 4.82. The number of halogens is 3. The van der Waals surface area contributed by atoms with Crippen molar-refractivity contribution in [1.82, 2.24) is 18.9 Å². The van der Waals surface area contributed by atoms with E-state index in [1.807, 2.05) is 0 Å². The minimum Gasteiger partial charge on any atom is -0.360 e. The number of pyridine rings is 1. The van der Waals surface area contributed by atoms with Gasteiger partial charge >= 0.3 is 6.18 Å². The number of sulfonamides is 1. The van der Waals surface area contributed by atoms with Crippen molar-refractivity contribution in [2.75, 3.05) is 26.2 Å². The second-order valence-corrected chi connectivity index (χ2v) is 9.05. The first kappa shape index (κ1) is 23.0. The molecular weight excluding hydrogens is 441 g/mol. The van der Waals surface area contributed by atoms with Gasteiger partial charge in [-0.3, -0.25) is 9.59 Å². The number of nitrogens with zero attached hydrogens (tertiary/aromatic N) is 4. The van der Waals surface area contributed by atoms with E-state index in [2.05, 4.69) is 5.16 Å². The molecule has 0 bridgehead atoms. The number of carbonyl (C=O) groups is 1. The van der Waals surface area contributed by atoms with Gasteiger partial charge in [0.25, 0.3) is 5.56 Å². The Morgan fingerprint density at radius 3 is 2.48 bits per heavy atom. The summed E-state index contributed by atoms with van der Waals surface area (Å²) in [7, 11) is -3.88. The topological polar surface area (TPSA) is 106 Å². The number of rotatable bonds is 4. The largest absolute Gasteiger partial charge is 0.417 e. The maximum atomic E-state index is 13.0. The summed E-state index contributed by atoms with van der Waals surface area (Å²) in [6, 6.07) is 1.42. The predicted molar refractivity (Wildman–Crippen MR) is 102 cm³/mol. The Labute approximate surface area is 176 Å². The van der Waals surface area contributed by atoms with Gasteiger partial charge in [0, 0.05) is 38.4 Å². The zero-order valence-corrected chi connectivity index (χ0v) is 17.7. The van der Waals surface area contributed by atoms with Crippen molar-refractivity contribution in [1.29, 1.82) is 0 Å². The van der Waals surface area contributed by atoms with Crippen molar-refractivity contribution >= 4 is 15.9 Å². The van der Waals surface area contributed by atoms with Crippen LogP contribution in [-0.4, -0.2) is 59.4 Å². The third-order valence-electron chi connectivity index (χ3n) is 4.99. The van der Waals surface area contributed by atoms with Crippen LogP contribution in [0.25, 0.3) is 0 Å². The molecule has 170 valence electrons. The van der Waals surface area contributed by atoms with Gasteiger partial charge in [0.05, 0.1) is 5.56 Å². The Bertz CT molecular complexity index is 1120. The van der Waals surface area contributed by atoms with Crippen molar-refractivity contribution in [3.63, 3.8) is 0 Å². The zero-order chi connectivity index (χ0) is 23.0. The van der Waals surface area contributed by atoms with Crippen molar-refractivity contribution in [2.24, 2.45) is 0 Å². The number of aromatic nitrogens is 2. The molecule has 0 N–H and O–H groups in total. The fourth-order valence-corrected chi connectivity index (χ4v) is 5.18. The molecule has 0 unspecified atom stereocenters. The lowest BCUT2D eigenvalue weighted by Gasteiger charge is -2.22. The summed E-state index contributed by atoms with van der Waals surface area (Å²) < 4.78 is 71.5. The zero-order valence-electron chi connectivity index (χ0n) is 16.8. The molecule has 3 rings (SSSR count). The molecule has 1 aliphatic heterocycles. The van der Waals surface area contributed by atoms with E-state index < -0.39 is 39.8 Å². The molecular formula is C18H21F3N4O5S. The summed E-state index contributed by atoms with van der Waals surface area (Å²) in [4.78, 5) is 25.8. The standard InChI is InChI=1S/C18H21F3N4O5S/c1-12-17(13(2)30-22-12)31(28,29)25-7-3-6-23(8-9-25)16(27)11-24-10-14(18(19,20)21)4-5-15(24)26/h4-5,10H,3,6-9,11H2,1-2H3. The van der Waals surface area contributed by atoms with Crippen molar-refractivity contribution in [2.45, 2.75) is 37.9 Å². The lowest BCUT2D eigenvalue weighted by atomic mass is 10.2. The molecule has 31 heavy (non-hydrogen) atoms. The van der Waals surface area contributed by atoms with E-state index in [1.165, 1.54) is 23.1 Å². The van der Waals surface area contributed by atoms with Gasteiger partial charge in [0.15, 0.2) is 5.76 Å². The number of hydrogen-bond donors (Lipinski definition) is 0. The van der Waals surface area contributed by atoms with E-state index >= 15 is 0 Å². The van der Waals surface area contributed by atoms with E-state index in [-0.39, 0.29) is 42.5 Å². The summed E-state index contributed by atoms with van der Waals surface area (Å²) in [5.74, 6) is -0.406. The number of hydrogen-bond acceptors (Lipinski definition) is 6. The molecule has 0 aliphatic carbocycles. The molecule has 1 fully saturated rings. The highest BCUT2D eigenvalue weighted by molar-refractivity contribution is 7.89. The lowest BCUT2D eigenvalue weighted by Crippen LogP contribution is -2.40. The van der Waals surface area contributed by atoms with E-state index in [0.717, 1.165) is 6.07 Å². The second-order valence-electron chi connectivity index (χ2n) is 7.17. The number of aryl methyl sites for hydroxylation is 2. The number of alkyl halides is 3. The smallest absolute Gasteiger partial charge is 0.360 e. The van der Waals surface area contributed by atoms with E-state index in [4.69, 9.17) is 4.52 Å². The van der Waals surface area contributed by atoms with Crippen LogP contribution in [0.5, 0.6) is 0 Å². The van der Waals surface area contributed by atoms with Gasteiger partial charge in [-0.1, -0.05) is 5.16 Å². The van der Waals surface area contributed by atoms with Gasteiger partial charge in [-0.2, -0.15) is 17.5 Å². The molecule has 13 heteroatoms. The van der Waals surface area contributed by atoms with Crippen LogP contribution in [0.4, 0.5) is 13.2 Å². The molecule has 1 aliphatic rings. The lowest BCUT2D eigenvalue weighted by molar-refractivity contribution is -0.138. The summed E-state index contributed by atoms with van der Waals surface area (Å²) in [6.07, 6.45) is -3.72. The summed E-state index contributed by atoms with van der Waals surface area (Å²) in [5.41, 5.74) is -1.54. The molecule has 0 spiro atoms. The fourth-order valence-electron chi connectivity index (χ4n) is 3.42. The van der Waals surface area contributed by atoms with Crippen LogP contribution in [-0.2, 0) is 27.5 Å². The van der Waals surface area contributed by atoms with Crippen LogP contribution < -0.4 is 5.56 Å². The Balaban J connectivity index is 1.73.